The molecular weight excluding hydrogens is 379 g/mol. The Morgan fingerprint density at radius 1 is 1.31 bits per heavy atom. The van der Waals surface area contributed by atoms with Gasteiger partial charge in [0.25, 0.3) is 18.0 Å². The lowest BCUT2D eigenvalue weighted by Gasteiger charge is -2.11. The Kier molecular flexibility index (Phi) is 6.40. The molecule has 0 amide bonds. The number of alkyl halides is 3. The molecule has 0 atom stereocenters. The first-order chi connectivity index (χ1) is 12.2. The molecule has 0 bridgehead atoms. The van der Waals surface area contributed by atoms with Crippen molar-refractivity contribution in [3.05, 3.63) is 46.0 Å². The summed E-state index contributed by atoms with van der Waals surface area (Å²) in [6.45, 7) is 1.37. The van der Waals surface area contributed by atoms with Crippen LogP contribution < -0.4 is 4.18 Å². The van der Waals surface area contributed by atoms with Gasteiger partial charge in [-0.3, -0.25) is 10.1 Å². The van der Waals surface area contributed by atoms with E-state index in [1.54, 1.807) is 6.07 Å². The van der Waals surface area contributed by atoms with Crippen molar-refractivity contribution >= 4 is 34.6 Å². The molecule has 0 aliphatic rings. The van der Waals surface area contributed by atoms with Crippen molar-refractivity contribution in [2.24, 2.45) is 0 Å². The largest absolute Gasteiger partial charge is 0.550 e. The Morgan fingerprint density at radius 3 is 2.65 bits per heavy atom. The molecule has 0 N–H and O–H groups in total. The summed E-state index contributed by atoms with van der Waals surface area (Å²) in [6.07, 6.45) is -4.67. The molecule has 7 nitrogen and oxygen atoms in total. The minimum Gasteiger partial charge on any atom is -0.398 e. The minimum absolute atomic E-state index is 0.0603. The summed E-state index contributed by atoms with van der Waals surface area (Å²) >= 11 is -0.0603. The van der Waals surface area contributed by atoms with Crippen molar-refractivity contribution in [2.75, 3.05) is 0 Å². The van der Waals surface area contributed by atoms with Crippen LogP contribution in [0.15, 0.2) is 30.3 Å². The number of hydrogen-bond donors (Lipinski definition) is 0. The molecule has 2 aromatic carbocycles. The van der Waals surface area contributed by atoms with E-state index >= 15 is 0 Å². The smallest absolute Gasteiger partial charge is 0.398 e. The van der Waals surface area contributed by atoms with Crippen LogP contribution in [0.4, 0.5) is 18.9 Å². The summed E-state index contributed by atoms with van der Waals surface area (Å²) in [4.78, 5) is 24.9. The molecule has 0 spiro atoms. The van der Waals surface area contributed by atoms with Crippen molar-refractivity contribution in [2.45, 2.75) is 26.1 Å². The summed E-state index contributed by atoms with van der Waals surface area (Å²) in [7, 11) is 0. The van der Waals surface area contributed by atoms with Crippen LogP contribution in [0.25, 0.3) is 10.8 Å². The maximum atomic E-state index is 11.9. The quantitative estimate of drug-likeness (QED) is 0.212. The highest BCUT2D eigenvalue weighted by molar-refractivity contribution is 7.90. The van der Waals surface area contributed by atoms with E-state index in [0.717, 1.165) is 0 Å². The molecule has 0 heterocycles. The molecule has 0 saturated heterocycles. The second-order valence-corrected chi connectivity index (χ2v) is 5.60. The minimum atomic E-state index is -4.99. The first-order valence-electron chi connectivity index (χ1n) is 7.12. The van der Waals surface area contributed by atoms with Crippen LogP contribution in [0.2, 0.25) is 0 Å². The molecule has 0 aliphatic heterocycles. The van der Waals surface area contributed by atoms with Crippen molar-refractivity contribution in [3.8, 4) is 5.75 Å². The summed E-state index contributed by atoms with van der Waals surface area (Å²) in [5.41, 5.74) is 0.271. The van der Waals surface area contributed by atoms with Gasteiger partial charge in [0.05, 0.1) is 10.3 Å². The normalized spacial score (nSPS) is 11.5. The molecule has 0 fully saturated rings. The number of benzene rings is 2. The summed E-state index contributed by atoms with van der Waals surface area (Å²) in [6, 6.07) is 7.27. The zero-order valence-corrected chi connectivity index (χ0v) is 14.1. The van der Waals surface area contributed by atoms with Gasteiger partial charge >= 0.3 is 6.36 Å². The number of nitro groups is 1. The molecule has 2 aromatic rings. The number of aryl methyl sites for hydroxylation is 1. The Bertz CT molecular complexity index is 827. The highest BCUT2D eigenvalue weighted by Crippen LogP contribution is 2.34. The highest BCUT2D eigenvalue weighted by Gasteiger charge is 2.32. The summed E-state index contributed by atoms with van der Waals surface area (Å²) in [5, 5.41) is 11.9. The second kappa shape index (κ2) is 8.34. The molecule has 140 valence electrons. The van der Waals surface area contributed by atoms with Crippen LogP contribution in [0.5, 0.6) is 5.75 Å². The van der Waals surface area contributed by atoms with E-state index in [4.69, 9.17) is 4.18 Å². The lowest BCUT2D eigenvalue weighted by molar-refractivity contribution is -0.441. The Morgan fingerprint density at radius 2 is 2.04 bits per heavy atom. The lowest BCUT2D eigenvalue weighted by Crippen LogP contribution is -2.11. The van der Waals surface area contributed by atoms with Crippen LogP contribution in [0, 0.1) is 10.1 Å². The van der Waals surface area contributed by atoms with E-state index in [0.29, 0.717) is 16.3 Å². The number of nitrogens with zero attached hydrogens (tertiary/aromatic N) is 1. The van der Waals surface area contributed by atoms with Gasteiger partial charge in [-0.25, -0.2) is 0 Å². The monoisotopic (exact) mass is 391 g/mol. The molecule has 0 saturated carbocycles. The molecule has 0 aliphatic carbocycles. The first-order valence-corrected chi connectivity index (χ1v) is 7.79. The van der Waals surface area contributed by atoms with E-state index in [9.17, 15) is 28.1 Å². The zero-order chi connectivity index (χ0) is 19.3. The van der Waals surface area contributed by atoms with Crippen molar-refractivity contribution in [1.82, 2.24) is 0 Å². The Balaban J connectivity index is 2.31. The average Bonchev–Trinajstić information content (AvgIpc) is 2.54. The molecule has 0 aromatic heterocycles. The standard InChI is InChI=1S/C15H12F3NO6S/c1-9(20)5-6-11-7-12-10(3-2-4-13(12)19(21)22)8-14(11)23-26-25-24-15(16,17)18/h2-4,7-8H,5-6H2,1H3. The van der Waals surface area contributed by atoms with Crippen LogP contribution in [0.1, 0.15) is 18.9 Å². The maximum absolute atomic E-state index is 11.9. The zero-order valence-electron chi connectivity index (χ0n) is 13.2. The van der Waals surface area contributed by atoms with E-state index in [2.05, 4.69) is 9.22 Å². The molecule has 26 heavy (non-hydrogen) atoms. The van der Waals surface area contributed by atoms with Crippen LogP contribution in [-0.2, 0) is 20.4 Å². The third kappa shape index (κ3) is 5.58. The van der Waals surface area contributed by atoms with Crippen LogP contribution >= 0.6 is 12.3 Å². The van der Waals surface area contributed by atoms with Gasteiger partial charge in [-0.15, -0.1) is 22.4 Å². The third-order valence-electron chi connectivity index (χ3n) is 3.26. The van der Waals surface area contributed by atoms with Crippen LogP contribution in [-0.4, -0.2) is 17.1 Å². The second-order valence-electron chi connectivity index (χ2n) is 5.17. The van der Waals surface area contributed by atoms with Gasteiger partial charge in [0.2, 0.25) is 0 Å². The molecule has 11 heteroatoms. The van der Waals surface area contributed by atoms with Gasteiger partial charge in [-0.2, -0.15) is 0 Å². The number of carbonyl (C=O) groups is 1. The molecule has 2 rings (SSSR count). The predicted molar refractivity (Wildman–Crippen MR) is 86.0 cm³/mol. The topological polar surface area (TPSA) is 87.9 Å². The van der Waals surface area contributed by atoms with Gasteiger partial charge in [-0.05, 0) is 36.4 Å². The number of nitro benzene ring substituents is 1. The number of Topliss-reactive ketones (excluding diaryl/α,β-unsaturated/α-hetero) is 1. The number of non-ortho nitro benzene ring substituents is 1. The molecule has 0 unspecified atom stereocenters. The Hall–Kier alpha value is -2.37. The number of ketones is 1. The van der Waals surface area contributed by atoms with Gasteiger partial charge in [0, 0.05) is 12.5 Å². The first kappa shape index (κ1) is 19.9. The lowest BCUT2D eigenvalue weighted by atomic mass is 10.0. The van der Waals surface area contributed by atoms with Crippen molar-refractivity contribution in [1.29, 1.82) is 0 Å². The maximum Gasteiger partial charge on any atom is 0.550 e. The van der Waals surface area contributed by atoms with E-state index in [1.807, 2.05) is 0 Å². The van der Waals surface area contributed by atoms with Gasteiger partial charge in [0.1, 0.15) is 11.5 Å². The average molecular weight is 391 g/mol. The third-order valence-corrected chi connectivity index (χ3v) is 3.63. The number of rotatable bonds is 8. The van der Waals surface area contributed by atoms with Crippen molar-refractivity contribution < 1.29 is 36.3 Å². The number of hydrogen-bond acceptors (Lipinski definition) is 7. The fourth-order valence-electron chi connectivity index (χ4n) is 2.18. The van der Waals surface area contributed by atoms with E-state index in [-0.39, 0.29) is 42.4 Å². The van der Waals surface area contributed by atoms with Gasteiger partial charge in [0.15, 0.2) is 0 Å². The van der Waals surface area contributed by atoms with E-state index in [1.165, 1.54) is 31.2 Å². The van der Waals surface area contributed by atoms with Crippen LogP contribution in [0.3, 0.4) is 0 Å². The number of fused-ring (bicyclic) bond motifs is 1. The molecular formula is C15H12F3NO6S. The highest BCUT2D eigenvalue weighted by atomic mass is 32.2. The SMILES string of the molecule is CC(=O)CCc1cc2c([N+](=O)[O-])cccc2cc1OSOOC(F)(F)F. The van der Waals surface area contributed by atoms with Gasteiger partial charge < -0.3 is 8.98 Å². The van der Waals surface area contributed by atoms with E-state index < -0.39 is 11.3 Å². The van der Waals surface area contributed by atoms with Gasteiger partial charge in [-0.1, -0.05) is 12.1 Å². The molecule has 0 radical (unpaired) electrons. The summed E-state index contributed by atoms with van der Waals surface area (Å²) in [5.74, 6) is -0.0158. The number of carbonyl (C=O) groups excluding carboxylic acids is 1. The fourth-order valence-corrected chi connectivity index (χ4v) is 2.54. The number of halogens is 3. The Labute approximate surface area is 149 Å². The van der Waals surface area contributed by atoms with Crippen molar-refractivity contribution in [3.63, 3.8) is 0 Å². The fraction of sp³-hybridized carbons (Fsp3) is 0.267. The predicted octanol–water partition coefficient (Wildman–Crippen LogP) is 4.68. The summed E-state index contributed by atoms with van der Waals surface area (Å²) < 4.78 is 44.6.